The van der Waals surface area contributed by atoms with Crippen LogP contribution in [0.3, 0.4) is 0 Å². The predicted octanol–water partition coefficient (Wildman–Crippen LogP) is 1.08. The van der Waals surface area contributed by atoms with Gasteiger partial charge in [-0.25, -0.2) is 9.18 Å². The zero-order valence-corrected chi connectivity index (χ0v) is 11.3. The molecule has 0 aliphatic carbocycles. The van der Waals surface area contributed by atoms with E-state index in [9.17, 15) is 19.1 Å². The lowest BCUT2D eigenvalue weighted by molar-refractivity contribution is 0.479. The number of halogens is 1. The summed E-state index contributed by atoms with van der Waals surface area (Å²) < 4.78 is 15.4. The minimum Gasteiger partial charge on any atom is -0.504 e. The number of nitrogens with one attached hydrogen (secondary N) is 1. The lowest BCUT2D eigenvalue weighted by Crippen LogP contribution is -2.36. The van der Waals surface area contributed by atoms with E-state index in [1.807, 2.05) is 0 Å². The van der Waals surface area contributed by atoms with E-state index in [2.05, 4.69) is 4.98 Å². The van der Waals surface area contributed by atoms with E-state index in [0.717, 1.165) is 4.57 Å². The van der Waals surface area contributed by atoms with Crippen molar-refractivity contribution in [3.8, 4) is 17.0 Å². The molecule has 0 aliphatic heterocycles. The fraction of sp³-hybridized carbons (Fsp3) is 0.143. The average Bonchev–Trinajstić information content (AvgIpc) is 2.81. The second kappa shape index (κ2) is 4.34. The maximum Gasteiger partial charge on any atom is 0.331 e. The smallest absolute Gasteiger partial charge is 0.331 e. The highest BCUT2D eigenvalue weighted by Crippen LogP contribution is 2.34. The maximum atomic E-state index is 13.3. The van der Waals surface area contributed by atoms with Gasteiger partial charge < -0.3 is 10.1 Å². The van der Waals surface area contributed by atoms with Gasteiger partial charge in [-0.15, -0.1) is 0 Å². The summed E-state index contributed by atoms with van der Waals surface area (Å²) in [6.45, 7) is 0. The number of hydrogen-bond donors (Lipinski definition) is 2. The largest absolute Gasteiger partial charge is 0.504 e. The highest BCUT2D eigenvalue weighted by Gasteiger charge is 2.19. The maximum absolute atomic E-state index is 13.3. The van der Waals surface area contributed by atoms with Crippen molar-refractivity contribution in [2.24, 2.45) is 14.1 Å². The Labute approximate surface area is 117 Å². The third-order valence-corrected chi connectivity index (χ3v) is 3.49. The Balaban J connectivity index is 2.46. The highest BCUT2D eigenvalue weighted by molar-refractivity contribution is 5.90. The van der Waals surface area contributed by atoms with Crippen molar-refractivity contribution in [2.75, 3.05) is 0 Å². The first-order valence-electron chi connectivity index (χ1n) is 6.18. The van der Waals surface area contributed by atoms with Crippen LogP contribution < -0.4 is 11.2 Å². The zero-order chi connectivity index (χ0) is 15.3. The number of fused-ring (bicyclic) bond motifs is 1. The molecule has 2 heterocycles. The summed E-state index contributed by atoms with van der Waals surface area (Å²) in [5, 5.41) is 10.3. The topological polar surface area (TPSA) is 80.0 Å². The van der Waals surface area contributed by atoms with Crippen molar-refractivity contribution in [2.45, 2.75) is 0 Å². The Morgan fingerprint density at radius 3 is 2.57 bits per heavy atom. The summed E-state index contributed by atoms with van der Waals surface area (Å²) in [6.07, 6.45) is 0. The molecule has 2 aromatic heterocycles. The van der Waals surface area contributed by atoms with Gasteiger partial charge in [-0.1, -0.05) is 12.1 Å². The summed E-state index contributed by atoms with van der Waals surface area (Å²) >= 11 is 0. The zero-order valence-electron chi connectivity index (χ0n) is 11.3. The van der Waals surface area contributed by atoms with Crippen LogP contribution in [0.5, 0.6) is 5.75 Å². The second-order valence-corrected chi connectivity index (χ2v) is 4.79. The van der Waals surface area contributed by atoms with Gasteiger partial charge in [0.05, 0.1) is 5.69 Å². The molecule has 0 saturated carbocycles. The normalized spacial score (nSPS) is 11.2. The third-order valence-electron chi connectivity index (χ3n) is 3.49. The fourth-order valence-electron chi connectivity index (χ4n) is 2.39. The van der Waals surface area contributed by atoms with Gasteiger partial charge in [0.1, 0.15) is 16.9 Å². The molecule has 6 nitrogen and oxygen atoms in total. The van der Waals surface area contributed by atoms with Crippen LogP contribution in [0.2, 0.25) is 0 Å². The number of aromatic nitrogens is 3. The van der Waals surface area contributed by atoms with Crippen molar-refractivity contribution < 1.29 is 9.50 Å². The molecule has 0 radical (unpaired) electrons. The number of rotatable bonds is 1. The number of hydrogen-bond acceptors (Lipinski definition) is 3. The Hall–Kier alpha value is -2.83. The lowest BCUT2D eigenvalue weighted by atomic mass is 10.1. The van der Waals surface area contributed by atoms with E-state index in [0.29, 0.717) is 5.56 Å². The van der Waals surface area contributed by atoms with E-state index in [1.54, 1.807) is 6.07 Å². The average molecular weight is 289 g/mol. The Morgan fingerprint density at radius 2 is 1.90 bits per heavy atom. The minimum atomic E-state index is -0.550. The summed E-state index contributed by atoms with van der Waals surface area (Å²) in [4.78, 5) is 26.8. The number of benzene rings is 1. The van der Waals surface area contributed by atoms with Gasteiger partial charge in [0.2, 0.25) is 0 Å². The van der Waals surface area contributed by atoms with Gasteiger partial charge in [-0.2, -0.15) is 0 Å². The van der Waals surface area contributed by atoms with E-state index in [-0.39, 0.29) is 22.5 Å². The molecule has 7 heteroatoms. The van der Waals surface area contributed by atoms with Gasteiger partial charge >= 0.3 is 5.69 Å². The predicted molar refractivity (Wildman–Crippen MR) is 75.8 cm³/mol. The number of nitrogens with zero attached hydrogens (tertiary/aromatic N) is 2. The van der Waals surface area contributed by atoms with Gasteiger partial charge in [0.25, 0.3) is 5.56 Å². The molecule has 1 aromatic carbocycles. The van der Waals surface area contributed by atoms with E-state index < -0.39 is 17.1 Å². The van der Waals surface area contributed by atoms with Gasteiger partial charge in [0.15, 0.2) is 5.75 Å². The molecule has 0 unspecified atom stereocenters. The molecular formula is C14H12FN3O3. The van der Waals surface area contributed by atoms with Crippen LogP contribution in [0.1, 0.15) is 0 Å². The van der Waals surface area contributed by atoms with Crippen molar-refractivity contribution in [1.29, 1.82) is 0 Å². The second-order valence-electron chi connectivity index (χ2n) is 4.79. The van der Waals surface area contributed by atoms with E-state index in [4.69, 9.17) is 0 Å². The molecule has 0 aliphatic rings. The summed E-state index contributed by atoms with van der Waals surface area (Å²) in [7, 11) is 2.80. The number of aromatic hydroxyl groups is 1. The van der Waals surface area contributed by atoms with Crippen LogP contribution in [0, 0.1) is 5.82 Å². The third kappa shape index (κ3) is 1.78. The van der Waals surface area contributed by atoms with Crippen molar-refractivity contribution in [1.82, 2.24) is 14.1 Å². The van der Waals surface area contributed by atoms with Gasteiger partial charge in [-0.05, 0) is 12.1 Å². The molecule has 21 heavy (non-hydrogen) atoms. The molecule has 0 bridgehead atoms. The summed E-state index contributed by atoms with van der Waals surface area (Å²) in [6, 6.07) is 5.59. The molecule has 0 atom stereocenters. The van der Waals surface area contributed by atoms with Crippen LogP contribution in [0.4, 0.5) is 4.39 Å². The van der Waals surface area contributed by atoms with Crippen LogP contribution in [-0.4, -0.2) is 19.2 Å². The van der Waals surface area contributed by atoms with Crippen LogP contribution in [0.25, 0.3) is 22.3 Å². The summed E-state index contributed by atoms with van der Waals surface area (Å²) in [5.74, 6) is -0.722. The van der Waals surface area contributed by atoms with E-state index >= 15 is 0 Å². The number of aryl methyl sites for hydroxylation is 1. The Bertz CT molecular complexity index is 982. The molecule has 3 aromatic rings. The molecule has 0 spiro atoms. The molecule has 108 valence electrons. The minimum absolute atomic E-state index is 0.0939. The molecule has 0 saturated heterocycles. The molecular weight excluding hydrogens is 277 g/mol. The lowest BCUT2D eigenvalue weighted by Gasteiger charge is -2.03. The fourth-order valence-corrected chi connectivity index (χ4v) is 2.39. The van der Waals surface area contributed by atoms with E-state index in [1.165, 1.54) is 36.9 Å². The SMILES string of the molecule is Cn1c(=O)c2[nH]c(-c3cccc(F)c3)c(O)c2n(C)c1=O. The standard InChI is InChI=1S/C14H12FN3O3/c1-17-11-10(13(20)18(2)14(17)21)16-9(12(11)19)7-4-3-5-8(15)6-7/h3-6,16,19H,1-2H3. The molecule has 0 amide bonds. The van der Waals surface area contributed by atoms with Gasteiger partial charge in [0, 0.05) is 19.7 Å². The van der Waals surface area contributed by atoms with Crippen molar-refractivity contribution in [3.05, 3.63) is 50.9 Å². The first-order chi connectivity index (χ1) is 9.91. The molecule has 0 fully saturated rings. The highest BCUT2D eigenvalue weighted by atomic mass is 19.1. The Kier molecular flexibility index (Phi) is 2.72. The Morgan fingerprint density at radius 1 is 1.19 bits per heavy atom. The first kappa shape index (κ1) is 13.2. The van der Waals surface area contributed by atoms with Crippen LogP contribution in [0.15, 0.2) is 33.9 Å². The quantitative estimate of drug-likeness (QED) is 0.703. The number of H-pyrrole nitrogens is 1. The van der Waals surface area contributed by atoms with Crippen LogP contribution in [-0.2, 0) is 14.1 Å². The first-order valence-corrected chi connectivity index (χ1v) is 6.18. The number of aromatic amines is 1. The summed E-state index contributed by atoms with van der Waals surface area (Å²) in [5.41, 5.74) is -0.321. The molecule has 2 N–H and O–H groups in total. The molecule has 3 rings (SSSR count). The monoisotopic (exact) mass is 289 g/mol. The van der Waals surface area contributed by atoms with Crippen molar-refractivity contribution >= 4 is 11.0 Å². The van der Waals surface area contributed by atoms with Gasteiger partial charge in [-0.3, -0.25) is 13.9 Å². The van der Waals surface area contributed by atoms with Crippen LogP contribution >= 0.6 is 0 Å². The van der Waals surface area contributed by atoms with Crippen molar-refractivity contribution in [3.63, 3.8) is 0 Å².